The van der Waals surface area contributed by atoms with Crippen molar-refractivity contribution in [2.45, 2.75) is 52.2 Å². The highest BCUT2D eigenvalue weighted by atomic mass is 28.4. The summed E-state index contributed by atoms with van der Waals surface area (Å²) in [5, 5.41) is 0.194. The summed E-state index contributed by atoms with van der Waals surface area (Å²) in [5.41, 5.74) is 0. The molecule has 0 saturated heterocycles. The molecule has 0 aliphatic heterocycles. The Morgan fingerprint density at radius 3 is 2.19 bits per heavy atom. The van der Waals surface area contributed by atoms with Crippen LogP contribution in [0.1, 0.15) is 34.1 Å². The van der Waals surface area contributed by atoms with Gasteiger partial charge in [-0.3, -0.25) is 0 Å². The number of hydrogen-bond donors (Lipinski definition) is 0. The van der Waals surface area contributed by atoms with Gasteiger partial charge < -0.3 is 9.16 Å². The molecule has 94 valence electrons. The van der Waals surface area contributed by atoms with Crippen LogP contribution in [0, 0.1) is 0 Å². The first-order chi connectivity index (χ1) is 7.24. The van der Waals surface area contributed by atoms with Crippen molar-refractivity contribution >= 4 is 8.32 Å². The van der Waals surface area contributed by atoms with E-state index in [-0.39, 0.29) is 5.04 Å². The molecule has 0 aliphatic carbocycles. The lowest BCUT2D eigenvalue weighted by Crippen LogP contribution is -2.40. The van der Waals surface area contributed by atoms with Crippen LogP contribution in [0.4, 0.5) is 0 Å². The van der Waals surface area contributed by atoms with E-state index in [1.807, 2.05) is 12.2 Å². The second-order valence-corrected chi connectivity index (χ2v) is 10.1. The third-order valence-electron chi connectivity index (χ3n) is 2.97. The number of rotatable bonds is 5. The maximum absolute atomic E-state index is 6.02. The lowest BCUT2D eigenvalue weighted by molar-refractivity contribution is 0.141. The molecule has 0 aromatic carbocycles. The van der Waals surface area contributed by atoms with Gasteiger partial charge in [0.25, 0.3) is 14.3 Å². The Bertz CT molecular complexity index is 260. The monoisotopic (exact) mass is 242 g/mol. The Balaban J connectivity index is 4.67. The second kappa shape index (κ2) is 6.14. The van der Waals surface area contributed by atoms with Gasteiger partial charge in [-0.05, 0) is 24.6 Å². The molecule has 0 heterocycles. The predicted octanol–water partition coefficient (Wildman–Crippen LogP) is 4.46. The van der Waals surface area contributed by atoms with Crippen molar-refractivity contribution < 1.29 is 9.16 Å². The van der Waals surface area contributed by atoms with Crippen molar-refractivity contribution in [1.29, 1.82) is 0 Å². The molecule has 0 fully saturated rings. The van der Waals surface area contributed by atoms with E-state index in [1.54, 1.807) is 7.11 Å². The Labute approximate surface area is 101 Å². The number of ether oxygens (including phenoxy) is 1. The van der Waals surface area contributed by atoms with Crippen LogP contribution >= 0.6 is 0 Å². The molecule has 0 aliphatic rings. The maximum atomic E-state index is 6.02. The molecule has 0 unspecified atom stereocenters. The zero-order valence-electron chi connectivity index (χ0n) is 11.8. The number of hydrogen-bond acceptors (Lipinski definition) is 2. The van der Waals surface area contributed by atoms with Crippen LogP contribution in [0.3, 0.4) is 0 Å². The molecule has 0 spiro atoms. The van der Waals surface area contributed by atoms with Gasteiger partial charge in [0.1, 0.15) is 0 Å². The van der Waals surface area contributed by atoms with Crippen LogP contribution in [-0.2, 0) is 9.16 Å². The van der Waals surface area contributed by atoms with E-state index >= 15 is 0 Å². The Morgan fingerprint density at radius 1 is 1.25 bits per heavy atom. The number of methoxy groups -OCH3 is 1. The SMILES string of the molecule is CC/C=C/C=C(/OC)O[Si](C)(C)C(C)(C)C. The average molecular weight is 242 g/mol. The Hall–Kier alpha value is -0.703. The summed E-state index contributed by atoms with van der Waals surface area (Å²) in [7, 11) is -0.125. The van der Waals surface area contributed by atoms with E-state index in [2.05, 4.69) is 46.9 Å². The van der Waals surface area contributed by atoms with Gasteiger partial charge in [0.15, 0.2) is 0 Å². The van der Waals surface area contributed by atoms with E-state index < -0.39 is 8.32 Å². The molecule has 0 bridgehead atoms. The van der Waals surface area contributed by atoms with Gasteiger partial charge in [0.2, 0.25) is 0 Å². The second-order valence-electron chi connectivity index (χ2n) is 5.39. The highest BCUT2D eigenvalue weighted by molar-refractivity contribution is 6.74. The minimum Gasteiger partial charge on any atom is -0.519 e. The van der Waals surface area contributed by atoms with Crippen molar-refractivity contribution in [2.75, 3.05) is 7.11 Å². The highest BCUT2D eigenvalue weighted by Gasteiger charge is 2.39. The fourth-order valence-electron chi connectivity index (χ4n) is 0.831. The van der Waals surface area contributed by atoms with E-state index in [9.17, 15) is 0 Å². The quantitative estimate of drug-likeness (QED) is 0.402. The van der Waals surface area contributed by atoms with Crippen molar-refractivity contribution in [3.05, 3.63) is 24.2 Å². The molecule has 0 aromatic heterocycles. The summed E-state index contributed by atoms with van der Waals surface area (Å²) in [4.78, 5) is 0. The minimum atomic E-state index is -1.78. The molecule has 0 aromatic rings. The molecule has 0 radical (unpaired) electrons. The molecule has 0 amide bonds. The molecule has 16 heavy (non-hydrogen) atoms. The standard InChI is InChI=1S/C13H26O2Si/c1-8-9-10-11-12(14-5)15-16(6,7)13(2,3)4/h9-11H,8H2,1-7H3/b10-9+,12-11-. The first-order valence-corrected chi connectivity index (χ1v) is 8.75. The maximum Gasteiger partial charge on any atom is 0.264 e. The van der Waals surface area contributed by atoms with Crippen LogP contribution in [0.15, 0.2) is 24.2 Å². The van der Waals surface area contributed by atoms with Gasteiger partial charge in [0, 0.05) is 6.08 Å². The normalized spacial score (nSPS) is 14.3. The van der Waals surface area contributed by atoms with Gasteiger partial charge >= 0.3 is 0 Å². The molecule has 0 N–H and O–H groups in total. The molecule has 0 rings (SSSR count). The fraction of sp³-hybridized carbons (Fsp3) is 0.692. The largest absolute Gasteiger partial charge is 0.519 e. The fourth-order valence-corrected chi connectivity index (χ4v) is 1.79. The summed E-state index contributed by atoms with van der Waals surface area (Å²) in [6.07, 6.45) is 6.97. The van der Waals surface area contributed by atoms with E-state index in [1.165, 1.54) is 0 Å². The lowest BCUT2D eigenvalue weighted by atomic mass is 10.2. The first-order valence-electron chi connectivity index (χ1n) is 5.84. The van der Waals surface area contributed by atoms with Crippen LogP contribution in [0.25, 0.3) is 0 Å². The molecule has 3 heteroatoms. The molecular formula is C13H26O2Si. The van der Waals surface area contributed by atoms with E-state index in [4.69, 9.17) is 9.16 Å². The zero-order chi connectivity index (χ0) is 12.8. The van der Waals surface area contributed by atoms with Gasteiger partial charge in [0.05, 0.1) is 7.11 Å². The van der Waals surface area contributed by atoms with Crippen LogP contribution in [0.5, 0.6) is 0 Å². The van der Waals surface area contributed by atoms with Crippen molar-refractivity contribution in [3.8, 4) is 0 Å². The minimum absolute atomic E-state index is 0.194. The molecule has 0 atom stereocenters. The number of allylic oxidation sites excluding steroid dienone is 3. The smallest absolute Gasteiger partial charge is 0.264 e. The summed E-state index contributed by atoms with van der Waals surface area (Å²) in [6.45, 7) is 13.2. The molecular weight excluding hydrogens is 216 g/mol. The summed E-state index contributed by atoms with van der Waals surface area (Å²) in [6, 6.07) is 0. The summed E-state index contributed by atoms with van der Waals surface area (Å²) < 4.78 is 11.3. The predicted molar refractivity (Wildman–Crippen MR) is 72.8 cm³/mol. The third kappa shape index (κ3) is 4.88. The summed E-state index contributed by atoms with van der Waals surface area (Å²) >= 11 is 0. The Kier molecular flexibility index (Phi) is 5.87. The molecule has 2 nitrogen and oxygen atoms in total. The van der Waals surface area contributed by atoms with Crippen molar-refractivity contribution in [1.82, 2.24) is 0 Å². The average Bonchev–Trinajstić information content (AvgIpc) is 2.14. The van der Waals surface area contributed by atoms with E-state index in [0.29, 0.717) is 5.95 Å². The highest BCUT2D eigenvalue weighted by Crippen LogP contribution is 2.37. The van der Waals surface area contributed by atoms with Crippen LogP contribution in [-0.4, -0.2) is 15.4 Å². The van der Waals surface area contributed by atoms with Crippen LogP contribution < -0.4 is 0 Å². The van der Waals surface area contributed by atoms with Crippen molar-refractivity contribution in [2.24, 2.45) is 0 Å². The third-order valence-corrected chi connectivity index (χ3v) is 7.29. The van der Waals surface area contributed by atoms with Gasteiger partial charge in [-0.1, -0.05) is 39.8 Å². The topological polar surface area (TPSA) is 18.5 Å². The lowest BCUT2D eigenvalue weighted by Gasteiger charge is -2.36. The van der Waals surface area contributed by atoms with E-state index in [0.717, 1.165) is 6.42 Å². The van der Waals surface area contributed by atoms with Crippen molar-refractivity contribution in [3.63, 3.8) is 0 Å². The molecule has 0 saturated carbocycles. The Morgan fingerprint density at radius 2 is 1.81 bits per heavy atom. The zero-order valence-corrected chi connectivity index (χ0v) is 12.8. The van der Waals surface area contributed by atoms with Gasteiger partial charge in [-0.25, -0.2) is 0 Å². The van der Waals surface area contributed by atoms with Gasteiger partial charge in [-0.15, -0.1) is 0 Å². The first kappa shape index (κ1) is 15.3. The summed E-state index contributed by atoms with van der Waals surface area (Å²) in [5.74, 6) is 0.622. The van der Waals surface area contributed by atoms with Crippen LogP contribution in [0.2, 0.25) is 18.1 Å². The van der Waals surface area contributed by atoms with Gasteiger partial charge in [-0.2, -0.15) is 0 Å².